The molecule has 0 radical (unpaired) electrons. The quantitative estimate of drug-likeness (QED) is 0.769. The maximum Gasteiger partial charge on any atom is 0.416 e. The van der Waals surface area contributed by atoms with Crippen LogP contribution < -0.4 is 11.1 Å². The number of benzene rings is 1. The molecule has 0 fully saturated rings. The molecule has 0 saturated heterocycles. The third kappa shape index (κ3) is 4.23. The van der Waals surface area contributed by atoms with Crippen LogP contribution in [0.1, 0.15) is 17.0 Å². The fourth-order valence-corrected chi connectivity index (χ4v) is 2.52. The molecule has 1 aromatic rings. The van der Waals surface area contributed by atoms with Gasteiger partial charge in [-0.2, -0.15) is 13.2 Å². The molecule has 6 nitrogen and oxygen atoms in total. The summed E-state index contributed by atoms with van der Waals surface area (Å²) in [5.74, 6) is -2.65. The first kappa shape index (κ1) is 19.5. The van der Waals surface area contributed by atoms with Crippen LogP contribution in [0.15, 0.2) is 47.8 Å². The van der Waals surface area contributed by atoms with Crippen molar-refractivity contribution in [3.05, 3.63) is 58.9 Å². The molecule has 140 valence electrons. The summed E-state index contributed by atoms with van der Waals surface area (Å²) in [4.78, 5) is 24.4. The number of dihydropyridines is 1. The first-order valence-electron chi connectivity index (χ1n) is 7.58. The van der Waals surface area contributed by atoms with E-state index < -0.39 is 29.6 Å². The second kappa shape index (κ2) is 8.05. The molecule has 1 heterocycles. The highest BCUT2D eigenvalue weighted by molar-refractivity contribution is 5.98. The van der Waals surface area contributed by atoms with Gasteiger partial charge in [0.25, 0.3) is 0 Å². The Morgan fingerprint density at radius 2 is 1.85 bits per heavy atom. The molecule has 0 saturated carbocycles. The molecule has 1 aliphatic rings. The van der Waals surface area contributed by atoms with Gasteiger partial charge in [-0.3, -0.25) is 0 Å². The minimum Gasteiger partial charge on any atom is -0.466 e. The normalized spacial score (nSPS) is 16.9. The second-order valence-corrected chi connectivity index (χ2v) is 5.34. The second-order valence-electron chi connectivity index (χ2n) is 5.34. The van der Waals surface area contributed by atoms with E-state index in [1.165, 1.54) is 24.5 Å². The van der Waals surface area contributed by atoms with Crippen LogP contribution >= 0.6 is 0 Å². The molecule has 0 bridgehead atoms. The van der Waals surface area contributed by atoms with E-state index in [9.17, 15) is 22.8 Å². The van der Waals surface area contributed by atoms with E-state index in [1.807, 2.05) is 0 Å². The standard InChI is InChI=1S/C17H17F3N2O4/c1-25-15(23)12-8-22-9-13(16(24)26-6-5-21)14(12)10-3-2-4-11(7-10)17(18,19)20/h2-4,7-9,14,22H,5-6,21H2,1H3. The van der Waals surface area contributed by atoms with Gasteiger partial charge in [0.15, 0.2) is 0 Å². The SMILES string of the molecule is COC(=O)C1=CNC=C(C(=O)OCCN)C1c1cccc(C(F)(F)F)c1. The summed E-state index contributed by atoms with van der Waals surface area (Å²) in [6.07, 6.45) is -2.02. The van der Waals surface area contributed by atoms with E-state index in [-0.39, 0.29) is 29.9 Å². The third-order valence-electron chi connectivity index (χ3n) is 3.65. The Morgan fingerprint density at radius 1 is 1.19 bits per heavy atom. The fraction of sp³-hybridized carbons (Fsp3) is 0.294. The number of ether oxygens (including phenoxy) is 2. The minimum atomic E-state index is -4.57. The van der Waals surface area contributed by atoms with Crippen molar-refractivity contribution in [2.75, 3.05) is 20.3 Å². The summed E-state index contributed by atoms with van der Waals surface area (Å²) in [5.41, 5.74) is 4.46. The van der Waals surface area contributed by atoms with Crippen molar-refractivity contribution in [1.82, 2.24) is 5.32 Å². The number of esters is 2. The Bertz CT molecular complexity index is 757. The summed E-state index contributed by atoms with van der Waals surface area (Å²) >= 11 is 0. The highest BCUT2D eigenvalue weighted by Gasteiger charge is 2.36. The predicted molar refractivity (Wildman–Crippen MR) is 85.5 cm³/mol. The average Bonchev–Trinajstić information content (AvgIpc) is 2.64. The van der Waals surface area contributed by atoms with E-state index in [0.29, 0.717) is 0 Å². The Balaban J connectivity index is 2.50. The van der Waals surface area contributed by atoms with Crippen LogP contribution in [0, 0.1) is 0 Å². The molecular formula is C17H17F3N2O4. The number of nitrogens with one attached hydrogen (secondary N) is 1. The summed E-state index contributed by atoms with van der Waals surface area (Å²) in [6, 6.07) is 4.39. The zero-order valence-electron chi connectivity index (χ0n) is 13.8. The number of rotatable bonds is 5. The molecule has 1 unspecified atom stereocenters. The first-order chi connectivity index (χ1) is 12.3. The largest absolute Gasteiger partial charge is 0.466 e. The van der Waals surface area contributed by atoms with Crippen LogP contribution in [-0.2, 0) is 25.2 Å². The van der Waals surface area contributed by atoms with Gasteiger partial charge in [0, 0.05) is 18.9 Å². The van der Waals surface area contributed by atoms with Crippen molar-refractivity contribution in [2.45, 2.75) is 12.1 Å². The van der Waals surface area contributed by atoms with Gasteiger partial charge in [-0.05, 0) is 11.6 Å². The van der Waals surface area contributed by atoms with Crippen LogP contribution in [0.5, 0.6) is 0 Å². The maximum atomic E-state index is 13.0. The van der Waals surface area contributed by atoms with E-state index in [2.05, 4.69) is 10.1 Å². The highest BCUT2D eigenvalue weighted by atomic mass is 19.4. The Labute approximate surface area is 147 Å². The number of carbonyl (C=O) groups is 2. The third-order valence-corrected chi connectivity index (χ3v) is 3.65. The van der Waals surface area contributed by atoms with Crippen molar-refractivity contribution < 1.29 is 32.2 Å². The molecule has 0 amide bonds. The molecule has 1 aromatic carbocycles. The van der Waals surface area contributed by atoms with Crippen LogP contribution in [-0.4, -0.2) is 32.2 Å². The van der Waals surface area contributed by atoms with Crippen LogP contribution in [0.2, 0.25) is 0 Å². The van der Waals surface area contributed by atoms with Crippen molar-refractivity contribution >= 4 is 11.9 Å². The van der Waals surface area contributed by atoms with Gasteiger partial charge in [0.05, 0.1) is 29.7 Å². The number of alkyl halides is 3. The number of methoxy groups -OCH3 is 1. The highest BCUT2D eigenvalue weighted by Crippen LogP contribution is 2.37. The molecule has 26 heavy (non-hydrogen) atoms. The number of halogens is 3. The summed E-state index contributed by atoms with van der Waals surface area (Å²) in [7, 11) is 1.14. The van der Waals surface area contributed by atoms with E-state index in [4.69, 9.17) is 10.5 Å². The summed E-state index contributed by atoms with van der Waals surface area (Å²) in [5, 5.41) is 2.62. The average molecular weight is 370 g/mol. The fourth-order valence-electron chi connectivity index (χ4n) is 2.52. The van der Waals surface area contributed by atoms with Gasteiger partial charge in [-0.15, -0.1) is 0 Å². The zero-order valence-corrected chi connectivity index (χ0v) is 13.8. The molecule has 1 atom stereocenters. The molecule has 9 heteroatoms. The molecule has 0 aromatic heterocycles. The predicted octanol–water partition coefficient (Wildman–Crippen LogP) is 1.83. The Morgan fingerprint density at radius 3 is 2.42 bits per heavy atom. The molecule has 3 N–H and O–H groups in total. The topological polar surface area (TPSA) is 90.6 Å². The molecule has 1 aliphatic heterocycles. The van der Waals surface area contributed by atoms with Crippen molar-refractivity contribution in [1.29, 1.82) is 0 Å². The van der Waals surface area contributed by atoms with E-state index in [0.717, 1.165) is 19.2 Å². The van der Waals surface area contributed by atoms with Crippen LogP contribution in [0.3, 0.4) is 0 Å². The van der Waals surface area contributed by atoms with Crippen molar-refractivity contribution in [2.24, 2.45) is 5.73 Å². The summed E-state index contributed by atoms with van der Waals surface area (Å²) < 4.78 is 48.8. The molecule has 0 aliphatic carbocycles. The molecular weight excluding hydrogens is 353 g/mol. The number of carbonyl (C=O) groups excluding carboxylic acids is 2. The molecule has 0 spiro atoms. The number of hydrogen-bond donors (Lipinski definition) is 2. The lowest BCUT2D eigenvalue weighted by Gasteiger charge is -2.25. The van der Waals surface area contributed by atoms with Gasteiger partial charge in [-0.1, -0.05) is 18.2 Å². The van der Waals surface area contributed by atoms with E-state index >= 15 is 0 Å². The van der Waals surface area contributed by atoms with E-state index in [1.54, 1.807) is 0 Å². The monoisotopic (exact) mass is 370 g/mol. The smallest absolute Gasteiger partial charge is 0.416 e. The van der Waals surface area contributed by atoms with Gasteiger partial charge in [0.1, 0.15) is 6.61 Å². The number of hydrogen-bond acceptors (Lipinski definition) is 6. The molecule has 2 rings (SSSR count). The first-order valence-corrected chi connectivity index (χ1v) is 7.58. The minimum absolute atomic E-state index is 0.0194. The van der Waals surface area contributed by atoms with Gasteiger partial charge in [-0.25, -0.2) is 9.59 Å². The lowest BCUT2D eigenvalue weighted by atomic mass is 9.83. The Kier molecular flexibility index (Phi) is 6.04. The lowest BCUT2D eigenvalue weighted by molar-refractivity contribution is -0.139. The number of nitrogens with two attached hydrogens (primary N) is 1. The summed E-state index contributed by atoms with van der Waals surface area (Å²) in [6.45, 7) is 0.0170. The zero-order chi connectivity index (χ0) is 19.3. The lowest BCUT2D eigenvalue weighted by Crippen LogP contribution is -2.27. The van der Waals surface area contributed by atoms with Crippen LogP contribution in [0.25, 0.3) is 0 Å². The van der Waals surface area contributed by atoms with Crippen molar-refractivity contribution in [3.8, 4) is 0 Å². The van der Waals surface area contributed by atoms with Gasteiger partial charge in [0.2, 0.25) is 0 Å². The Hall–Kier alpha value is -2.81. The maximum absolute atomic E-state index is 13.0. The van der Waals surface area contributed by atoms with Crippen molar-refractivity contribution in [3.63, 3.8) is 0 Å². The van der Waals surface area contributed by atoms with Gasteiger partial charge >= 0.3 is 18.1 Å². The van der Waals surface area contributed by atoms with Crippen LogP contribution in [0.4, 0.5) is 13.2 Å². The van der Waals surface area contributed by atoms with Gasteiger partial charge < -0.3 is 20.5 Å².